The first-order valence-corrected chi connectivity index (χ1v) is 3.65. The van der Waals surface area contributed by atoms with Crippen molar-refractivity contribution < 1.29 is 4.74 Å². The highest BCUT2D eigenvalue weighted by molar-refractivity contribution is 6.35. The van der Waals surface area contributed by atoms with Gasteiger partial charge in [0, 0.05) is 6.42 Å². The van der Waals surface area contributed by atoms with Crippen molar-refractivity contribution in [2.75, 3.05) is 6.61 Å². The Hall–Kier alpha value is -0.320. The molecule has 0 aromatic heterocycles. The number of terminal acetylenes is 1. The summed E-state index contributed by atoms with van der Waals surface area (Å²) < 4.78 is 4.89. The minimum absolute atomic E-state index is 0.207. The predicted molar refractivity (Wildman–Crippen MR) is 43.8 cm³/mol. The lowest BCUT2D eigenvalue weighted by Gasteiger charge is -1.99. The molecule has 0 bridgehead atoms. The first-order valence-electron chi connectivity index (χ1n) is 2.83. The molecule has 10 heavy (non-hydrogen) atoms. The van der Waals surface area contributed by atoms with Crippen LogP contribution in [0.5, 0.6) is 0 Å². The van der Waals surface area contributed by atoms with Gasteiger partial charge in [-0.25, -0.2) is 0 Å². The second-order valence-electron chi connectivity index (χ2n) is 1.57. The zero-order valence-corrected chi connectivity index (χ0v) is 6.95. The van der Waals surface area contributed by atoms with Crippen LogP contribution in [0.2, 0.25) is 0 Å². The van der Waals surface area contributed by atoms with Crippen LogP contribution >= 0.6 is 23.2 Å². The average molecular weight is 179 g/mol. The summed E-state index contributed by atoms with van der Waals surface area (Å²) in [5.41, 5.74) is 1.18. The molecule has 0 amide bonds. The van der Waals surface area contributed by atoms with Crippen LogP contribution in [-0.4, -0.2) is 6.61 Å². The molecule has 0 heterocycles. The fourth-order valence-electron chi connectivity index (χ4n) is 0.375. The summed E-state index contributed by atoms with van der Waals surface area (Å²) in [5.74, 6) is 2.48. The Bertz CT molecular complexity index is 146. The molecule has 1 nitrogen and oxygen atoms in total. The topological polar surface area (TPSA) is 9.23 Å². The van der Waals surface area contributed by atoms with Crippen LogP contribution in [-0.2, 0) is 4.74 Å². The first-order chi connectivity index (χ1) is 4.81. The average Bonchev–Trinajstić information content (AvgIpc) is 1.98. The van der Waals surface area contributed by atoms with Gasteiger partial charge in [-0.3, -0.25) is 0 Å². The summed E-state index contributed by atoms with van der Waals surface area (Å²) >= 11 is 10.6. The van der Waals surface area contributed by atoms with Crippen LogP contribution in [0.25, 0.3) is 0 Å². The summed E-state index contributed by atoms with van der Waals surface area (Å²) in [7, 11) is 0. The second kappa shape index (κ2) is 6.80. The van der Waals surface area contributed by atoms with Gasteiger partial charge in [-0.05, 0) is 18.0 Å². The number of ether oxygens (including phenoxy) is 1. The van der Waals surface area contributed by atoms with Crippen LogP contribution in [0, 0.1) is 12.3 Å². The largest absolute Gasteiger partial charge is 0.482 e. The Kier molecular flexibility index (Phi) is 6.58. The van der Waals surface area contributed by atoms with E-state index in [1.807, 2.05) is 0 Å². The van der Waals surface area contributed by atoms with Crippen LogP contribution in [0.15, 0.2) is 10.8 Å². The Morgan fingerprint density at radius 2 is 2.40 bits per heavy atom. The second-order valence-corrected chi connectivity index (χ2v) is 2.16. The van der Waals surface area contributed by atoms with Crippen molar-refractivity contribution >= 4 is 23.2 Å². The van der Waals surface area contributed by atoms with Gasteiger partial charge >= 0.3 is 0 Å². The molecule has 0 aromatic carbocycles. The summed E-state index contributed by atoms with van der Waals surface area (Å²) in [6.45, 7) is 0.520. The van der Waals surface area contributed by atoms with Crippen molar-refractivity contribution in [3.63, 3.8) is 0 Å². The maximum absolute atomic E-state index is 5.40. The Labute approximate surface area is 71.0 Å². The molecule has 0 rings (SSSR count). The predicted octanol–water partition coefficient (Wildman–Crippen LogP) is 2.69. The minimum Gasteiger partial charge on any atom is -0.482 e. The third-order valence-electron chi connectivity index (χ3n) is 0.791. The number of hydrogen-bond acceptors (Lipinski definition) is 1. The smallest absolute Gasteiger partial charge is 0.198 e. The summed E-state index contributed by atoms with van der Waals surface area (Å²) in [6.07, 6.45) is 6.50. The van der Waals surface area contributed by atoms with Gasteiger partial charge in [-0.15, -0.1) is 12.3 Å². The Morgan fingerprint density at radius 1 is 1.70 bits per heavy atom. The molecule has 0 N–H and O–H groups in total. The summed E-state index contributed by atoms with van der Waals surface area (Å²) in [4.78, 5) is 0. The molecular weight excluding hydrogens is 171 g/mol. The minimum atomic E-state index is 0.207. The maximum atomic E-state index is 5.40. The summed E-state index contributed by atoms with van der Waals surface area (Å²) in [5, 5.41) is 0.207. The quantitative estimate of drug-likeness (QED) is 0.366. The molecule has 0 fully saturated rings. The normalized spacial score (nSPS) is 10.7. The molecule has 0 unspecified atom stereocenters. The van der Waals surface area contributed by atoms with Gasteiger partial charge < -0.3 is 4.74 Å². The first kappa shape index (κ1) is 9.68. The van der Waals surface area contributed by atoms with E-state index in [2.05, 4.69) is 5.92 Å². The molecule has 0 aromatic rings. The molecule has 56 valence electrons. The van der Waals surface area contributed by atoms with E-state index in [-0.39, 0.29) is 5.22 Å². The van der Waals surface area contributed by atoms with E-state index in [0.29, 0.717) is 13.0 Å². The molecular formula is C7H8Cl2O. The van der Waals surface area contributed by atoms with E-state index in [1.54, 1.807) is 0 Å². The van der Waals surface area contributed by atoms with Crippen molar-refractivity contribution in [2.24, 2.45) is 0 Å². The lowest BCUT2D eigenvalue weighted by atomic mass is 10.3. The van der Waals surface area contributed by atoms with Gasteiger partial charge in [-0.2, -0.15) is 0 Å². The van der Waals surface area contributed by atoms with Crippen LogP contribution in [0.4, 0.5) is 0 Å². The van der Waals surface area contributed by atoms with E-state index in [0.717, 1.165) is 6.42 Å². The molecule has 0 atom stereocenters. The Balaban J connectivity index is 3.14. The zero-order chi connectivity index (χ0) is 7.82. The SMILES string of the molecule is C#CCCCO/C(Cl)=C\Cl. The van der Waals surface area contributed by atoms with Gasteiger partial charge in [-0.1, -0.05) is 11.6 Å². The standard InChI is InChI=1S/C7H8Cl2O/c1-2-3-4-5-10-7(9)6-8/h1,6H,3-5H2/b7-6-. The fraction of sp³-hybridized carbons (Fsp3) is 0.429. The van der Waals surface area contributed by atoms with Crippen molar-refractivity contribution in [1.82, 2.24) is 0 Å². The molecule has 0 aliphatic carbocycles. The van der Waals surface area contributed by atoms with Crippen molar-refractivity contribution in [3.8, 4) is 12.3 Å². The number of rotatable bonds is 4. The fourth-order valence-corrected chi connectivity index (χ4v) is 0.516. The van der Waals surface area contributed by atoms with Crippen LogP contribution < -0.4 is 0 Å². The molecule has 0 saturated heterocycles. The van der Waals surface area contributed by atoms with Gasteiger partial charge in [0.05, 0.1) is 12.1 Å². The highest BCUT2D eigenvalue weighted by Crippen LogP contribution is 2.05. The number of hydrogen-bond donors (Lipinski definition) is 0. The monoisotopic (exact) mass is 178 g/mol. The molecule has 0 saturated carbocycles. The number of halogens is 2. The summed E-state index contributed by atoms with van der Waals surface area (Å²) in [6, 6.07) is 0. The molecule has 0 radical (unpaired) electrons. The third-order valence-corrected chi connectivity index (χ3v) is 1.32. The van der Waals surface area contributed by atoms with Gasteiger partial charge in [0.15, 0.2) is 5.22 Å². The highest BCUT2D eigenvalue weighted by Gasteiger charge is 1.89. The van der Waals surface area contributed by atoms with Crippen LogP contribution in [0.3, 0.4) is 0 Å². The van der Waals surface area contributed by atoms with E-state index >= 15 is 0 Å². The van der Waals surface area contributed by atoms with Crippen LogP contribution in [0.1, 0.15) is 12.8 Å². The van der Waals surface area contributed by atoms with Crippen molar-refractivity contribution in [2.45, 2.75) is 12.8 Å². The highest BCUT2D eigenvalue weighted by atomic mass is 35.5. The van der Waals surface area contributed by atoms with Gasteiger partial charge in [0.2, 0.25) is 0 Å². The molecule has 0 aliphatic heterocycles. The molecule has 0 spiro atoms. The van der Waals surface area contributed by atoms with Gasteiger partial charge in [0.1, 0.15) is 0 Å². The third kappa shape index (κ3) is 5.81. The van der Waals surface area contributed by atoms with E-state index < -0.39 is 0 Å². The van der Waals surface area contributed by atoms with E-state index in [9.17, 15) is 0 Å². The van der Waals surface area contributed by atoms with Crippen molar-refractivity contribution in [1.29, 1.82) is 0 Å². The lowest BCUT2D eigenvalue weighted by Crippen LogP contribution is -1.88. The van der Waals surface area contributed by atoms with E-state index in [4.69, 9.17) is 34.4 Å². The molecule has 0 aliphatic rings. The zero-order valence-electron chi connectivity index (χ0n) is 5.44. The van der Waals surface area contributed by atoms with Crippen molar-refractivity contribution in [3.05, 3.63) is 10.8 Å². The lowest BCUT2D eigenvalue weighted by molar-refractivity contribution is 0.234. The molecule has 3 heteroatoms. The van der Waals surface area contributed by atoms with E-state index in [1.165, 1.54) is 5.54 Å². The van der Waals surface area contributed by atoms with Gasteiger partial charge in [0.25, 0.3) is 0 Å². The maximum Gasteiger partial charge on any atom is 0.198 e. The Morgan fingerprint density at radius 3 is 2.90 bits per heavy atom. The number of unbranched alkanes of at least 4 members (excludes halogenated alkanes) is 1.